The summed E-state index contributed by atoms with van der Waals surface area (Å²) in [6.07, 6.45) is -3.13. The number of carbonyl (C=O) groups excluding carboxylic acids is 3. The number of aromatic nitrogens is 3. The lowest BCUT2D eigenvalue weighted by Crippen LogP contribution is -2.46. The van der Waals surface area contributed by atoms with Crippen molar-refractivity contribution in [1.82, 2.24) is 30.9 Å². The molecule has 0 spiro atoms. The quantitative estimate of drug-likeness (QED) is 0.101. The van der Waals surface area contributed by atoms with Gasteiger partial charge in [-0.15, -0.1) is 0 Å². The van der Waals surface area contributed by atoms with E-state index in [0.29, 0.717) is 16.3 Å². The van der Waals surface area contributed by atoms with Crippen molar-refractivity contribution < 1.29 is 32.3 Å². The standard InChI is InChI=1S/C36H38ClF3N8O4/c1-22-5-4-6-23(17-22)18-41-29(50)30(51)43-20-34(2,3)19-42-28(49)24-7-13-27(14-8-24)44-31-45-32(47-33(46-31)52-21-36(38,39)40)48-35(15-16-35)25-9-11-26(37)12-10-25/h4-14,17H,15-16,18-21H2,1-3H3,(H,41,50)(H,42,49)(H,43,51)(H2,44,45,46,47,48). The highest BCUT2D eigenvalue weighted by Gasteiger charge is 2.45. The number of amides is 3. The van der Waals surface area contributed by atoms with E-state index in [1.165, 1.54) is 0 Å². The van der Waals surface area contributed by atoms with Gasteiger partial charge in [0.1, 0.15) is 0 Å². The molecule has 0 radical (unpaired) electrons. The van der Waals surface area contributed by atoms with Crippen LogP contribution in [0.5, 0.6) is 6.01 Å². The molecule has 16 heteroatoms. The topological polar surface area (TPSA) is 159 Å². The zero-order valence-corrected chi connectivity index (χ0v) is 29.4. The number of alkyl halides is 3. The van der Waals surface area contributed by atoms with E-state index in [0.717, 1.165) is 29.5 Å². The normalized spacial score (nSPS) is 13.4. The second-order valence-electron chi connectivity index (χ2n) is 13.3. The van der Waals surface area contributed by atoms with Gasteiger partial charge in [-0.2, -0.15) is 28.1 Å². The number of hydrogen-bond donors (Lipinski definition) is 5. The summed E-state index contributed by atoms with van der Waals surface area (Å²) in [5.41, 5.74) is 2.50. The number of hydrogen-bond acceptors (Lipinski definition) is 9. The van der Waals surface area contributed by atoms with E-state index in [9.17, 15) is 27.6 Å². The Bertz CT molecular complexity index is 1900. The molecule has 5 N–H and O–H groups in total. The summed E-state index contributed by atoms with van der Waals surface area (Å²) in [4.78, 5) is 50.0. The third-order valence-electron chi connectivity index (χ3n) is 8.08. The van der Waals surface area contributed by atoms with Gasteiger partial charge in [-0.1, -0.05) is 67.4 Å². The van der Waals surface area contributed by atoms with E-state index >= 15 is 0 Å². The summed E-state index contributed by atoms with van der Waals surface area (Å²) in [7, 11) is 0. The van der Waals surface area contributed by atoms with E-state index in [2.05, 4.69) is 41.5 Å². The van der Waals surface area contributed by atoms with Crippen molar-refractivity contribution in [2.75, 3.05) is 30.3 Å². The first-order chi connectivity index (χ1) is 24.6. The SMILES string of the molecule is Cc1cccc(CNC(=O)C(=O)NCC(C)(C)CNC(=O)c2ccc(Nc3nc(NC4(c5ccc(Cl)cc5)CC4)nc(OCC(F)(F)F)n3)cc2)c1. The van der Waals surface area contributed by atoms with Crippen LogP contribution in [0.3, 0.4) is 0 Å². The van der Waals surface area contributed by atoms with Gasteiger partial charge >= 0.3 is 24.0 Å². The van der Waals surface area contributed by atoms with Crippen LogP contribution in [0.2, 0.25) is 5.02 Å². The van der Waals surface area contributed by atoms with Crippen molar-refractivity contribution in [2.24, 2.45) is 5.41 Å². The summed E-state index contributed by atoms with van der Waals surface area (Å²) in [6.45, 7) is 4.55. The predicted molar refractivity (Wildman–Crippen MR) is 189 cm³/mol. The van der Waals surface area contributed by atoms with Crippen LogP contribution >= 0.6 is 11.6 Å². The molecule has 274 valence electrons. The number of carbonyl (C=O) groups is 3. The molecule has 1 saturated carbocycles. The highest BCUT2D eigenvalue weighted by atomic mass is 35.5. The van der Waals surface area contributed by atoms with E-state index in [-0.39, 0.29) is 37.4 Å². The zero-order valence-electron chi connectivity index (χ0n) is 28.7. The van der Waals surface area contributed by atoms with Crippen molar-refractivity contribution >= 4 is 46.9 Å². The van der Waals surface area contributed by atoms with Crippen LogP contribution in [0.25, 0.3) is 0 Å². The highest BCUT2D eigenvalue weighted by Crippen LogP contribution is 2.48. The minimum Gasteiger partial charge on any atom is -0.454 e. The molecule has 3 amide bonds. The van der Waals surface area contributed by atoms with Crippen molar-refractivity contribution in [3.05, 3.63) is 100 Å². The summed E-state index contributed by atoms with van der Waals surface area (Å²) in [5, 5.41) is 14.8. The lowest BCUT2D eigenvalue weighted by molar-refractivity contribution is -0.154. The molecule has 0 unspecified atom stereocenters. The Hall–Kier alpha value is -5.44. The molecule has 3 aromatic carbocycles. The van der Waals surface area contributed by atoms with Crippen LogP contribution in [0, 0.1) is 12.3 Å². The Labute approximate surface area is 303 Å². The average molecular weight is 739 g/mol. The molecule has 1 fully saturated rings. The third-order valence-corrected chi connectivity index (χ3v) is 8.33. The molecule has 5 rings (SSSR count). The second-order valence-corrected chi connectivity index (χ2v) is 13.7. The van der Waals surface area contributed by atoms with Crippen molar-refractivity contribution in [1.29, 1.82) is 0 Å². The monoisotopic (exact) mass is 738 g/mol. The highest BCUT2D eigenvalue weighted by molar-refractivity contribution is 6.35. The van der Waals surface area contributed by atoms with Gasteiger partial charge in [0.2, 0.25) is 11.9 Å². The second kappa shape index (κ2) is 15.8. The lowest BCUT2D eigenvalue weighted by Gasteiger charge is -2.25. The molecule has 1 aliphatic rings. The molecule has 52 heavy (non-hydrogen) atoms. The fourth-order valence-electron chi connectivity index (χ4n) is 5.08. The minimum atomic E-state index is -4.60. The number of anilines is 3. The number of nitrogens with zero attached hydrogens (tertiary/aromatic N) is 3. The number of benzene rings is 3. The summed E-state index contributed by atoms with van der Waals surface area (Å²) in [6, 6.07) is 20.5. The lowest BCUT2D eigenvalue weighted by atomic mass is 9.93. The van der Waals surface area contributed by atoms with Gasteiger partial charge in [0.25, 0.3) is 5.91 Å². The molecule has 0 atom stereocenters. The first-order valence-electron chi connectivity index (χ1n) is 16.3. The van der Waals surface area contributed by atoms with E-state index in [1.807, 2.05) is 57.2 Å². The van der Waals surface area contributed by atoms with Gasteiger partial charge in [-0.3, -0.25) is 14.4 Å². The van der Waals surface area contributed by atoms with Gasteiger partial charge in [0, 0.05) is 35.9 Å². The van der Waals surface area contributed by atoms with Crippen LogP contribution in [0.15, 0.2) is 72.8 Å². The average Bonchev–Trinajstić information content (AvgIpc) is 3.88. The number of ether oxygens (including phenoxy) is 1. The van der Waals surface area contributed by atoms with Crippen LogP contribution < -0.4 is 31.3 Å². The maximum atomic E-state index is 12.9. The summed E-state index contributed by atoms with van der Waals surface area (Å²) in [5.74, 6) is -1.97. The van der Waals surface area contributed by atoms with Gasteiger partial charge in [-0.25, -0.2) is 0 Å². The Morgan fingerprint density at radius 2 is 1.50 bits per heavy atom. The molecular formula is C36H38ClF3N8O4. The maximum Gasteiger partial charge on any atom is 0.422 e. The van der Waals surface area contributed by atoms with Crippen LogP contribution in [0.4, 0.5) is 30.8 Å². The number of halogens is 4. The van der Waals surface area contributed by atoms with E-state index in [4.69, 9.17) is 16.3 Å². The molecule has 0 bridgehead atoms. The molecule has 1 heterocycles. The molecule has 1 aromatic heterocycles. The van der Waals surface area contributed by atoms with E-state index < -0.39 is 41.6 Å². The summed E-state index contributed by atoms with van der Waals surface area (Å²) >= 11 is 6.03. The minimum absolute atomic E-state index is 0.0137. The van der Waals surface area contributed by atoms with Crippen LogP contribution in [-0.2, 0) is 21.7 Å². The molecule has 1 aliphatic carbocycles. The van der Waals surface area contributed by atoms with Gasteiger partial charge in [0.15, 0.2) is 6.61 Å². The zero-order chi connectivity index (χ0) is 37.5. The Morgan fingerprint density at radius 3 is 2.15 bits per heavy atom. The number of rotatable bonds is 14. The first kappa shape index (κ1) is 37.8. The van der Waals surface area contributed by atoms with Crippen LogP contribution in [0.1, 0.15) is 53.7 Å². The van der Waals surface area contributed by atoms with Crippen molar-refractivity contribution in [3.63, 3.8) is 0 Å². The van der Waals surface area contributed by atoms with Crippen molar-refractivity contribution in [3.8, 4) is 6.01 Å². The van der Waals surface area contributed by atoms with Crippen LogP contribution in [-0.4, -0.2) is 58.5 Å². The fraction of sp³-hybridized carbons (Fsp3) is 0.333. The molecule has 12 nitrogen and oxygen atoms in total. The van der Waals surface area contributed by atoms with Gasteiger partial charge < -0.3 is 31.3 Å². The van der Waals surface area contributed by atoms with E-state index in [1.54, 1.807) is 36.4 Å². The van der Waals surface area contributed by atoms with Crippen molar-refractivity contribution in [2.45, 2.75) is 51.9 Å². The van der Waals surface area contributed by atoms with Gasteiger partial charge in [0.05, 0.1) is 5.54 Å². The Balaban J connectivity index is 1.15. The number of aryl methyl sites for hydroxylation is 1. The summed E-state index contributed by atoms with van der Waals surface area (Å²) < 4.78 is 43.6. The van der Waals surface area contributed by atoms with Gasteiger partial charge in [-0.05, 0) is 72.7 Å². The molecule has 4 aromatic rings. The Morgan fingerprint density at radius 1 is 0.846 bits per heavy atom. The smallest absolute Gasteiger partial charge is 0.422 e. The number of nitrogens with one attached hydrogen (secondary N) is 5. The molecule has 0 saturated heterocycles. The Kier molecular flexibility index (Phi) is 11.5. The fourth-order valence-corrected chi connectivity index (χ4v) is 5.20. The predicted octanol–water partition coefficient (Wildman–Crippen LogP) is 5.81. The maximum absolute atomic E-state index is 12.9. The largest absolute Gasteiger partial charge is 0.454 e. The molecular weight excluding hydrogens is 701 g/mol. The first-order valence-corrected chi connectivity index (χ1v) is 16.7. The third kappa shape index (κ3) is 11.0. The molecule has 0 aliphatic heterocycles.